The summed E-state index contributed by atoms with van der Waals surface area (Å²) in [7, 11) is 0. The average Bonchev–Trinajstić information content (AvgIpc) is 2.95. The Balaban J connectivity index is 1.91. The van der Waals surface area contributed by atoms with Gasteiger partial charge in [0.15, 0.2) is 0 Å². The summed E-state index contributed by atoms with van der Waals surface area (Å²) < 4.78 is 25.2. The summed E-state index contributed by atoms with van der Waals surface area (Å²) in [4.78, 5) is 24.8. The second-order valence-electron chi connectivity index (χ2n) is 6.01. The Bertz CT molecular complexity index is 871. The molecule has 0 saturated carbocycles. The Morgan fingerprint density at radius 2 is 1.83 bits per heavy atom. The Kier molecular flexibility index (Phi) is 2.67. The number of hydrogen-bond acceptors (Lipinski definition) is 4. The van der Waals surface area contributed by atoms with Crippen LogP contribution in [0.25, 0.3) is 0 Å². The maximum Gasteiger partial charge on any atom is 0.350 e. The van der Waals surface area contributed by atoms with Crippen LogP contribution in [-0.2, 0) is 10.5 Å². The predicted molar refractivity (Wildman–Crippen MR) is 79.0 cm³/mol. The lowest BCUT2D eigenvalue weighted by atomic mass is 9.95. The van der Waals surface area contributed by atoms with Gasteiger partial charge in [-0.15, -0.1) is 0 Å². The van der Waals surface area contributed by atoms with Crippen LogP contribution in [0.3, 0.4) is 0 Å². The fourth-order valence-corrected chi connectivity index (χ4v) is 3.05. The normalized spacial score (nSPS) is 21.4. The first-order valence-electron chi connectivity index (χ1n) is 7.34. The predicted octanol–water partition coefficient (Wildman–Crippen LogP) is 3.55. The molecule has 2 aromatic carbocycles. The third-order valence-corrected chi connectivity index (χ3v) is 4.27. The quantitative estimate of drug-likeness (QED) is 0.756. The third kappa shape index (κ3) is 1.70. The molecule has 0 radical (unpaired) electrons. The summed E-state index contributed by atoms with van der Waals surface area (Å²) >= 11 is 0. The van der Waals surface area contributed by atoms with E-state index in [1.165, 1.54) is 18.2 Å². The SMILES string of the molecule is CC(C)c1ccc2c(c1)OC1(OC(=O)c3cccc(F)c31)C2=O. The zero-order chi connectivity index (χ0) is 16.4. The van der Waals surface area contributed by atoms with Gasteiger partial charge in [0.2, 0.25) is 0 Å². The van der Waals surface area contributed by atoms with Crippen LogP contribution in [0.4, 0.5) is 4.39 Å². The molecule has 2 aliphatic heterocycles. The molecule has 0 bridgehead atoms. The molecule has 0 amide bonds. The molecular weight excluding hydrogens is 299 g/mol. The fourth-order valence-electron chi connectivity index (χ4n) is 3.05. The highest BCUT2D eigenvalue weighted by atomic mass is 19.1. The molecule has 2 aliphatic rings. The zero-order valence-corrected chi connectivity index (χ0v) is 12.6. The van der Waals surface area contributed by atoms with Crippen molar-refractivity contribution in [2.24, 2.45) is 0 Å². The number of benzene rings is 2. The van der Waals surface area contributed by atoms with Crippen molar-refractivity contribution in [3.8, 4) is 5.75 Å². The molecule has 0 saturated heterocycles. The monoisotopic (exact) mass is 312 g/mol. The number of hydrogen-bond donors (Lipinski definition) is 0. The molecule has 0 aliphatic carbocycles. The number of Topliss-reactive ketones (excluding diaryl/α,β-unsaturated/α-hetero) is 1. The van der Waals surface area contributed by atoms with Gasteiger partial charge in [0.1, 0.15) is 11.6 Å². The van der Waals surface area contributed by atoms with Gasteiger partial charge < -0.3 is 9.47 Å². The maximum atomic E-state index is 14.3. The van der Waals surface area contributed by atoms with Gasteiger partial charge in [0.05, 0.1) is 16.7 Å². The summed E-state index contributed by atoms with van der Waals surface area (Å²) in [6.45, 7) is 4.03. The number of ketones is 1. The van der Waals surface area contributed by atoms with E-state index in [1.807, 2.05) is 19.9 Å². The molecule has 2 aromatic rings. The number of fused-ring (bicyclic) bond motifs is 3. The molecule has 116 valence electrons. The van der Waals surface area contributed by atoms with E-state index < -0.39 is 23.4 Å². The molecule has 4 rings (SSSR count). The number of carbonyl (C=O) groups is 2. The van der Waals surface area contributed by atoms with Crippen molar-refractivity contribution in [2.75, 3.05) is 0 Å². The second kappa shape index (κ2) is 4.41. The van der Waals surface area contributed by atoms with Crippen LogP contribution in [-0.4, -0.2) is 11.8 Å². The lowest BCUT2D eigenvalue weighted by Crippen LogP contribution is -2.38. The molecule has 2 heterocycles. The molecule has 4 nitrogen and oxygen atoms in total. The average molecular weight is 312 g/mol. The largest absolute Gasteiger partial charge is 0.441 e. The van der Waals surface area contributed by atoms with Crippen molar-refractivity contribution in [1.82, 2.24) is 0 Å². The molecule has 23 heavy (non-hydrogen) atoms. The molecule has 0 fully saturated rings. The topological polar surface area (TPSA) is 52.6 Å². The highest BCUT2D eigenvalue weighted by Gasteiger charge is 2.60. The molecule has 1 atom stereocenters. The van der Waals surface area contributed by atoms with E-state index in [9.17, 15) is 14.0 Å². The fraction of sp³-hybridized carbons (Fsp3) is 0.222. The Morgan fingerprint density at radius 3 is 2.57 bits per heavy atom. The number of halogens is 1. The summed E-state index contributed by atoms with van der Waals surface area (Å²) in [6.07, 6.45) is 0. The van der Waals surface area contributed by atoms with Crippen molar-refractivity contribution in [2.45, 2.75) is 25.6 Å². The van der Waals surface area contributed by atoms with Crippen LogP contribution < -0.4 is 4.74 Å². The molecule has 1 spiro atoms. The van der Waals surface area contributed by atoms with E-state index in [1.54, 1.807) is 12.1 Å². The van der Waals surface area contributed by atoms with Crippen molar-refractivity contribution < 1.29 is 23.5 Å². The smallest absolute Gasteiger partial charge is 0.350 e. The third-order valence-electron chi connectivity index (χ3n) is 4.27. The summed E-state index contributed by atoms with van der Waals surface area (Å²) in [6, 6.07) is 9.20. The van der Waals surface area contributed by atoms with E-state index >= 15 is 0 Å². The van der Waals surface area contributed by atoms with E-state index in [-0.39, 0.29) is 17.0 Å². The van der Waals surface area contributed by atoms with Crippen LogP contribution in [0.5, 0.6) is 5.75 Å². The second-order valence-corrected chi connectivity index (χ2v) is 6.01. The minimum absolute atomic E-state index is 0.0234. The van der Waals surface area contributed by atoms with Crippen LogP contribution in [0, 0.1) is 5.82 Å². The molecule has 0 N–H and O–H groups in total. The van der Waals surface area contributed by atoms with Crippen molar-refractivity contribution >= 4 is 11.8 Å². The zero-order valence-electron chi connectivity index (χ0n) is 12.6. The Labute approximate surface area is 131 Å². The summed E-state index contributed by atoms with van der Waals surface area (Å²) in [5.41, 5.74) is 1.15. The van der Waals surface area contributed by atoms with Gasteiger partial charge in [-0.25, -0.2) is 9.18 Å². The van der Waals surface area contributed by atoms with Gasteiger partial charge in [-0.2, -0.15) is 0 Å². The lowest BCUT2D eigenvalue weighted by Gasteiger charge is -2.21. The Morgan fingerprint density at radius 1 is 1.04 bits per heavy atom. The minimum Gasteiger partial charge on any atom is -0.441 e. The van der Waals surface area contributed by atoms with Crippen LogP contribution in [0.15, 0.2) is 36.4 Å². The van der Waals surface area contributed by atoms with Gasteiger partial charge in [0.25, 0.3) is 5.78 Å². The highest BCUT2D eigenvalue weighted by Crippen LogP contribution is 2.48. The first-order chi connectivity index (χ1) is 10.9. The van der Waals surface area contributed by atoms with Crippen molar-refractivity contribution in [1.29, 1.82) is 0 Å². The van der Waals surface area contributed by atoms with E-state index in [2.05, 4.69) is 0 Å². The molecule has 0 aromatic heterocycles. The number of carbonyl (C=O) groups excluding carboxylic acids is 2. The summed E-state index contributed by atoms with van der Waals surface area (Å²) in [5, 5.41) is 0. The van der Waals surface area contributed by atoms with E-state index in [4.69, 9.17) is 9.47 Å². The van der Waals surface area contributed by atoms with Gasteiger partial charge in [0, 0.05) is 0 Å². The Hall–Kier alpha value is -2.69. The van der Waals surface area contributed by atoms with Gasteiger partial charge in [-0.05, 0) is 35.7 Å². The highest BCUT2D eigenvalue weighted by molar-refractivity contribution is 6.12. The van der Waals surface area contributed by atoms with Gasteiger partial charge in [-0.1, -0.05) is 26.0 Å². The number of rotatable bonds is 1. The minimum atomic E-state index is -2.03. The van der Waals surface area contributed by atoms with E-state index in [0.717, 1.165) is 5.56 Å². The molecular formula is C18H13FO4. The van der Waals surface area contributed by atoms with E-state index in [0.29, 0.717) is 11.3 Å². The van der Waals surface area contributed by atoms with Gasteiger partial charge in [-0.3, -0.25) is 4.79 Å². The van der Waals surface area contributed by atoms with Crippen molar-refractivity contribution in [3.05, 3.63) is 64.5 Å². The maximum absolute atomic E-state index is 14.3. The number of ether oxygens (including phenoxy) is 2. The first-order valence-corrected chi connectivity index (χ1v) is 7.34. The van der Waals surface area contributed by atoms with Crippen LogP contribution in [0.2, 0.25) is 0 Å². The summed E-state index contributed by atoms with van der Waals surface area (Å²) in [5.74, 6) is -3.49. The van der Waals surface area contributed by atoms with Gasteiger partial charge >= 0.3 is 11.8 Å². The van der Waals surface area contributed by atoms with Crippen molar-refractivity contribution in [3.63, 3.8) is 0 Å². The lowest BCUT2D eigenvalue weighted by molar-refractivity contribution is -0.0993. The first kappa shape index (κ1) is 13.9. The molecule has 5 heteroatoms. The van der Waals surface area contributed by atoms with Crippen LogP contribution >= 0.6 is 0 Å². The number of esters is 1. The van der Waals surface area contributed by atoms with Crippen LogP contribution in [0.1, 0.15) is 51.6 Å². The standard InChI is InChI=1S/C18H13FO4/c1-9(2)10-6-7-11-14(8-10)22-18(16(11)20)15-12(17(21)23-18)4-3-5-13(15)19/h3-9H,1-2H3. The molecule has 1 unspecified atom stereocenters.